The molecule has 0 atom stereocenters. The maximum Gasteiger partial charge on any atom is 0.269 e. The summed E-state index contributed by atoms with van der Waals surface area (Å²) in [7, 11) is -3.77. The standard InChI is InChI=1S/C31H24N6O3S/c32-25-10-8-22(9-11-25)31(38)36-26-12-6-21(7-13-26)16-27-18-29(35-20-34-27)24-17-23-14-15-37(30(23)33-19-24)41(39,40)28-4-2-1-3-5-28/h1-15,17-20H,16,32H2,(H,36,38). The lowest BCUT2D eigenvalue weighted by Gasteiger charge is -2.08. The molecule has 3 heterocycles. The Hall–Kier alpha value is -5.35. The number of fused-ring (bicyclic) bond motifs is 1. The van der Waals surface area contributed by atoms with Crippen LogP contribution in [0.5, 0.6) is 0 Å². The Kier molecular flexibility index (Phi) is 6.74. The third-order valence-electron chi connectivity index (χ3n) is 6.58. The Morgan fingerprint density at radius 3 is 2.37 bits per heavy atom. The van der Waals surface area contributed by atoms with Crippen LogP contribution in [0.2, 0.25) is 0 Å². The molecule has 3 aromatic heterocycles. The topological polar surface area (TPSA) is 133 Å². The molecule has 0 bridgehead atoms. The van der Waals surface area contributed by atoms with Crippen molar-refractivity contribution in [2.75, 3.05) is 11.1 Å². The van der Waals surface area contributed by atoms with Crippen molar-refractivity contribution < 1.29 is 13.2 Å². The number of carbonyl (C=O) groups excluding carboxylic acids is 1. The maximum absolute atomic E-state index is 13.1. The molecular formula is C31H24N6O3S. The van der Waals surface area contributed by atoms with E-state index < -0.39 is 10.0 Å². The molecule has 202 valence electrons. The molecule has 3 aromatic carbocycles. The van der Waals surface area contributed by atoms with E-state index in [2.05, 4.69) is 20.3 Å². The van der Waals surface area contributed by atoms with Gasteiger partial charge in [-0.2, -0.15) is 0 Å². The summed E-state index contributed by atoms with van der Waals surface area (Å²) in [5.74, 6) is -0.211. The molecule has 0 fully saturated rings. The fourth-order valence-electron chi connectivity index (χ4n) is 4.44. The summed E-state index contributed by atoms with van der Waals surface area (Å²) >= 11 is 0. The highest BCUT2D eigenvalue weighted by Gasteiger charge is 2.19. The summed E-state index contributed by atoms with van der Waals surface area (Å²) in [5, 5.41) is 3.56. The third kappa shape index (κ3) is 5.41. The van der Waals surface area contributed by atoms with E-state index in [1.165, 1.54) is 16.5 Å². The number of nitrogens with one attached hydrogen (secondary N) is 1. The summed E-state index contributed by atoms with van der Waals surface area (Å²) in [6.45, 7) is 0. The minimum atomic E-state index is -3.77. The van der Waals surface area contributed by atoms with Crippen molar-refractivity contribution in [1.29, 1.82) is 0 Å². The molecule has 1 amide bonds. The Bertz CT molecular complexity index is 1970. The van der Waals surface area contributed by atoms with Gasteiger partial charge in [0.2, 0.25) is 0 Å². The number of carbonyl (C=O) groups is 1. The van der Waals surface area contributed by atoms with Crippen molar-refractivity contribution in [2.45, 2.75) is 11.3 Å². The van der Waals surface area contributed by atoms with Crippen LogP contribution in [0.1, 0.15) is 21.6 Å². The second kappa shape index (κ2) is 10.7. The number of rotatable bonds is 7. The van der Waals surface area contributed by atoms with Crippen molar-refractivity contribution in [1.82, 2.24) is 18.9 Å². The van der Waals surface area contributed by atoms with Crippen LogP contribution in [0.4, 0.5) is 11.4 Å². The fraction of sp³-hybridized carbons (Fsp3) is 0.0323. The van der Waals surface area contributed by atoms with Gasteiger partial charge in [0, 0.05) is 52.4 Å². The van der Waals surface area contributed by atoms with Crippen molar-refractivity contribution in [3.05, 3.63) is 133 Å². The minimum absolute atomic E-state index is 0.195. The number of anilines is 2. The van der Waals surface area contributed by atoms with Crippen molar-refractivity contribution in [3.63, 3.8) is 0 Å². The molecule has 9 nitrogen and oxygen atoms in total. The van der Waals surface area contributed by atoms with Crippen LogP contribution >= 0.6 is 0 Å². The fourth-order valence-corrected chi connectivity index (χ4v) is 5.77. The summed E-state index contributed by atoms with van der Waals surface area (Å²) in [4.78, 5) is 26.0. The second-order valence-corrected chi connectivity index (χ2v) is 11.2. The number of pyridine rings is 1. The Balaban J connectivity index is 1.18. The van der Waals surface area contributed by atoms with Crippen LogP contribution in [0.15, 0.2) is 121 Å². The van der Waals surface area contributed by atoms with Crippen molar-refractivity contribution in [2.24, 2.45) is 0 Å². The highest BCUT2D eigenvalue weighted by atomic mass is 32.2. The molecule has 6 rings (SSSR count). The van der Waals surface area contributed by atoms with Crippen LogP contribution in [-0.2, 0) is 16.4 Å². The Labute approximate surface area is 236 Å². The van der Waals surface area contributed by atoms with Gasteiger partial charge in [-0.05, 0) is 72.3 Å². The summed E-state index contributed by atoms with van der Waals surface area (Å²) in [5.41, 5.74) is 11.1. The van der Waals surface area contributed by atoms with Gasteiger partial charge in [0.05, 0.1) is 10.6 Å². The molecule has 0 spiro atoms. The second-order valence-electron chi connectivity index (χ2n) is 9.41. The number of aromatic nitrogens is 4. The van der Waals surface area contributed by atoms with Crippen LogP contribution in [0.25, 0.3) is 22.3 Å². The number of nitrogens with zero attached hydrogens (tertiary/aromatic N) is 4. The Morgan fingerprint density at radius 1 is 0.854 bits per heavy atom. The molecule has 0 saturated heterocycles. The van der Waals surface area contributed by atoms with E-state index in [9.17, 15) is 13.2 Å². The smallest absolute Gasteiger partial charge is 0.269 e. The first kappa shape index (κ1) is 25.9. The largest absolute Gasteiger partial charge is 0.399 e. The molecule has 0 unspecified atom stereocenters. The van der Waals surface area contributed by atoms with E-state index in [-0.39, 0.29) is 10.8 Å². The SMILES string of the molecule is Nc1ccc(C(=O)Nc2ccc(Cc3cc(-c4cnc5c(ccn5S(=O)(=O)c5ccccc5)c4)ncn3)cc2)cc1. The zero-order chi connectivity index (χ0) is 28.4. The molecule has 10 heteroatoms. The number of nitrogen functional groups attached to an aromatic ring is 1. The van der Waals surface area contributed by atoms with Crippen LogP contribution < -0.4 is 11.1 Å². The number of benzene rings is 3. The number of hydrogen-bond acceptors (Lipinski definition) is 7. The van der Waals surface area contributed by atoms with Crippen LogP contribution in [0, 0.1) is 0 Å². The number of nitrogens with two attached hydrogens (primary N) is 1. The van der Waals surface area contributed by atoms with Crippen molar-refractivity contribution in [3.8, 4) is 11.3 Å². The first-order chi connectivity index (χ1) is 19.9. The summed E-state index contributed by atoms with van der Waals surface area (Å²) in [6, 6.07) is 28.0. The predicted molar refractivity (Wildman–Crippen MR) is 158 cm³/mol. The number of amides is 1. The maximum atomic E-state index is 13.1. The highest BCUT2D eigenvalue weighted by Crippen LogP contribution is 2.25. The van der Waals surface area contributed by atoms with Gasteiger partial charge < -0.3 is 11.1 Å². The van der Waals surface area contributed by atoms with Gasteiger partial charge in [0.25, 0.3) is 15.9 Å². The lowest BCUT2D eigenvalue weighted by atomic mass is 10.1. The molecule has 0 aliphatic rings. The average molecular weight is 561 g/mol. The lowest BCUT2D eigenvalue weighted by Crippen LogP contribution is -2.12. The summed E-state index contributed by atoms with van der Waals surface area (Å²) in [6.07, 6.45) is 5.19. The Morgan fingerprint density at radius 2 is 1.61 bits per heavy atom. The molecule has 0 aliphatic heterocycles. The van der Waals surface area contributed by atoms with Gasteiger partial charge in [0.15, 0.2) is 5.65 Å². The van der Waals surface area contributed by atoms with Gasteiger partial charge in [-0.3, -0.25) is 4.79 Å². The normalized spacial score (nSPS) is 11.4. The van der Waals surface area contributed by atoms with E-state index >= 15 is 0 Å². The average Bonchev–Trinajstić information content (AvgIpc) is 3.43. The molecule has 0 saturated carbocycles. The first-order valence-electron chi connectivity index (χ1n) is 12.7. The molecular weight excluding hydrogens is 536 g/mol. The van der Waals surface area contributed by atoms with Gasteiger partial charge in [-0.1, -0.05) is 30.3 Å². The van der Waals surface area contributed by atoms with E-state index in [4.69, 9.17) is 5.73 Å². The summed E-state index contributed by atoms with van der Waals surface area (Å²) < 4.78 is 27.4. The monoisotopic (exact) mass is 560 g/mol. The first-order valence-corrected chi connectivity index (χ1v) is 14.2. The van der Waals surface area contributed by atoms with Gasteiger partial charge in [0.1, 0.15) is 6.33 Å². The van der Waals surface area contributed by atoms with Crippen LogP contribution in [-0.4, -0.2) is 33.2 Å². The molecule has 0 aliphatic carbocycles. The van der Waals surface area contributed by atoms with Gasteiger partial charge in [-0.15, -0.1) is 0 Å². The predicted octanol–water partition coefficient (Wildman–Crippen LogP) is 5.16. The van der Waals surface area contributed by atoms with Crippen molar-refractivity contribution >= 4 is 38.3 Å². The molecule has 41 heavy (non-hydrogen) atoms. The number of hydrogen-bond donors (Lipinski definition) is 2. The lowest BCUT2D eigenvalue weighted by molar-refractivity contribution is 0.102. The van der Waals surface area contributed by atoms with Gasteiger partial charge in [-0.25, -0.2) is 27.3 Å². The zero-order valence-corrected chi connectivity index (χ0v) is 22.5. The van der Waals surface area contributed by atoms with E-state index in [1.54, 1.807) is 66.9 Å². The van der Waals surface area contributed by atoms with Crippen LogP contribution in [0.3, 0.4) is 0 Å². The molecule has 0 radical (unpaired) electrons. The third-order valence-corrected chi connectivity index (χ3v) is 8.26. The molecule has 6 aromatic rings. The van der Waals surface area contributed by atoms with E-state index in [1.807, 2.05) is 36.4 Å². The zero-order valence-electron chi connectivity index (χ0n) is 21.7. The quantitative estimate of drug-likeness (QED) is 0.258. The minimum Gasteiger partial charge on any atom is -0.399 e. The van der Waals surface area contributed by atoms with E-state index in [0.717, 1.165) is 16.8 Å². The molecule has 3 N–H and O–H groups in total. The van der Waals surface area contributed by atoms with E-state index in [0.29, 0.717) is 40.1 Å². The van der Waals surface area contributed by atoms with Gasteiger partial charge >= 0.3 is 0 Å². The highest BCUT2D eigenvalue weighted by molar-refractivity contribution is 7.90.